The lowest BCUT2D eigenvalue weighted by atomic mass is 9.86. The molecule has 2 atom stereocenters. The first-order valence-corrected chi connectivity index (χ1v) is 7.99. The van der Waals surface area contributed by atoms with Gasteiger partial charge in [0.2, 0.25) is 0 Å². The molecule has 1 saturated heterocycles. The molecule has 18 heavy (non-hydrogen) atoms. The molecule has 2 fully saturated rings. The maximum absolute atomic E-state index is 3.98. The smallest absolute Gasteiger partial charge is 0.0121 e. The normalized spacial score (nSPS) is 33.8. The molecule has 2 rings (SSSR count). The molecule has 1 aliphatic heterocycles. The van der Waals surface area contributed by atoms with E-state index in [4.69, 9.17) is 0 Å². The van der Waals surface area contributed by atoms with Crippen molar-refractivity contribution >= 4 is 0 Å². The summed E-state index contributed by atoms with van der Waals surface area (Å²) in [6, 6.07) is 2.23. The van der Waals surface area contributed by atoms with Crippen LogP contribution in [0.4, 0.5) is 0 Å². The van der Waals surface area contributed by atoms with Crippen molar-refractivity contribution in [2.75, 3.05) is 13.1 Å². The van der Waals surface area contributed by atoms with E-state index in [2.05, 4.69) is 37.9 Å². The highest BCUT2D eigenvalue weighted by atomic mass is 15.2. The van der Waals surface area contributed by atoms with Crippen molar-refractivity contribution in [3.05, 3.63) is 0 Å². The minimum atomic E-state index is 0.518. The zero-order chi connectivity index (χ0) is 13.2. The van der Waals surface area contributed by atoms with Crippen molar-refractivity contribution in [1.82, 2.24) is 10.2 Å². The Morgan fingerprint density at radius 2 is 1.83 bits per heavy atom. The summed E-state index contributed by atoms with van der Waals surface area (Å²) in [6.07, 6.45) is 8.27. The van der Waals surface area contributed by atoms with Gasteiger partial charge in [0.1, 0.15) is 0 Å². The van der Waals surface area contributed by atoms with Gasteiger partial charge in [0.15, 0.2) is 0 Å². The van der Waals surface area contributed by atoms with Gasteiger partial charge >= 0.3 is 0 Å². The van der Waals surface area contributed by atoms with Gasteiger partial charge in [-0.05, 0) is 64.5 Å². The second kappa shape index (κ2) is 5.92. The first-order valence-electron chi connectivity index (χ1n) is 7.99. The van der Waals surface area contributed by atoms with Crippen LogP contribution in [0, 0.1) is 5.41 Å². The molecule has 2 aliphatic rings. The van der Waals surface area contributed by atoms with E-state index in [0.717, 1.165) is 12.1 Å². The van der Waals surface area contributed by atoms with Gasteiger partial charge in [-0.15, -0.1) is 0 Å². The van der Waals surface area contributed by atoms with Gasteiger partial charge in [-0.1, -0.05) is 20.3 Å². The minimum absolute atomic E-state index is 0.518. The van der Waals surface area contributed by atoms with Crippen LogP contribution in [0.25, 0.3) is 0 Å². The quantitative estimate of drug-likeness (QED) is 0.828. The Hall–Kier alpha value is -0.0800. The highest BCUT2D eigenvalue weighted by molar-refractivity contribution is 4.92. The fourth-order valence-electron chi connectivity index (χ4n) is 3.72. The molecule has 1 aliphatic carbocycles. The van der Waals surface area contributed by atoms with Gasteiger partial charge in [-0.25, -0.2) is 0 Å². The third-order valence-electron chi connectivity index (χ3n) is 5.19. The summed E-state index contributed by atoms with van der Waals surface area (Å²) in [7, 11) is 0. The summed E-state index contributed by atoms with van der Waals surface area (Å²) >= 11 is 0. The molecule has 2 nitrogen and oxygen atoms in total. The molecule has 1 N–H and O–H groups in total. The number of nitrogens with one attached hydrogen (secondary N) is 1. The van der Waals surface area contributed by atoms with Crippen molar-refractivity contribution in [2.24, 2.45) is 5.41 Å². The molecular formula is C16H32N2. The van der Waals surface area contributed by atoms with Crippen molar-refractivity contribution in [3.63, 3.8) is 0 Å². The SMILES string of the molecule is CC(C)N1CCCC(NC2CCCC2(C)C)CC1. The lowest BCUT2D eigenvalue weighted by Crippen LogP contribution is -2.44. The van der Waals surface area contributed by atoms with E-state index < -0.39 is 0 Å². The van der Waals surface area contributed by atoms with E-state index in [-0.39, 0.29) is 0 Å². The topological polar surface area (TPSA) is 15.3 Å². The van der Waals surface area contributed by atoms with Crippen LogP contribution in [0.15, 0.2) is 0 Å². The molecule has 1 heterocycles. The number of likely N-dealkylation sites (tertiary alicyclic amines) is 1. The second-order valence-electron chi connectivity index (χ2n) is 7.36. The van der Waals surface area contributed by atoms with Gasteiger partial charge in [0.25, 0.3) is 0 Å². The van der Waals surface area contributed by atoms with E-state index >= 15 is 0 Å². The van der Waals surface area contributed by atoms with Crippen LogP contribution in [0.5, 0.6) is 0 Å². The molecule has 2 heteroatoms. The maximum Gasteiger partial charge on any atom is 0.0121 e. The Bertz CT molecular complexity index is 260. The van der Waals surface area contributed by atoms with Crippen LogP contribution in [0.3, 0.4) is 0 Å². The van der Waals surface area contributed by atoms with E-state index in [9.17, 15) is 0 Å². The summed E-state index contributed by atoms with van der Waals surface area (Å²) in [5, 5.41) is 3.98. The highest BCUT2D eigenvalue weighted by Crippen LogP contribution is 2.37. The first-order chi connectivity index (χ1) is 8.49. The van der Waals surface area contributed by atoms with Crippen LogP contribution in [0.2, 0.25) is 0 Å². The molecule has 106 valence electrons. The Morgan fingerprint density at radius 1 is 1.06 bits per heavy atom. The molecule has 0 radical (unpaired) electrons. The summed E-state index contributed by atoms with van der Waals surface area (Å²) in [5.41, 5.74) is 0.518. The van der Waals surface area contributed by atoms with E-state index in [1.54, 1.807) is 0 Å². The van der Waals surface area contributed by atoms with Gasteiger partial charge < -0.3 is 10.2 Å². The molecule has 1 saturated carbocycles. The van der Waals surface area contributed by atoms with Gasteiger partial charge in [0.05, 0.1) is 0 Å². The Morgan fingerprint density at radius 3 is 2.44 bits per heavy atom. The second-order valence-corrected chi connectivity index (χ2v) is 7.36. The Kier molecular flexibility index (Phi) is 4.71. The summed E-state index contributed by atoms with van der Waals surface area (Å²) in [6.45, 7) is 12.1. The summed E-state index contributed by atoms with van der Waals surface area (Å²) in [4.78, 5) is 2.64. The monoisotopic (exact) mass is 252 g/mol. The Balaban J connectivity index is 1.83. The molecule has 0 amide bonds. The van der Waals surface area contributed by atoms with Crippen molar-refractivity contribution in [3.8, 4) is 0 Å². The molecule has 0 bridgehead atoms. The average Bonchev–Trinajstić information content (AvgIpc) is 2.52. The summed E-state index contributed by atoms with van der Waals surface area (Å²) in [5.74, 6) is 0. The fourth-order valence-corrected chi connectivity index (χ4v) is 3.72. The first kappa shape index (κ1) is 14.3. The van der Waals surface area contributed by atoms with E-state index in [1.807, 2.05) is 0 Å². The molecule has 0 spiro atoms. The maximum atomic E-state index is 3.98. The van der Waals surface area contributed by atoms with Gasteiger partial charge in [-0.3, -0.25) is 0 Å². The molecule has 0 aromatic rings. The number of nitrogens with zero attached hydrogens (tertiary/aromatic N) is 1. The van der Waals surface area contributed by atoms with Gasteiger partial charge in [0, 0.05) is 18.1 Å². The third kappa shape index (κ3) is 3.48. The highest BCUT2D eigenvalue weighted by Gasteiger charge is 2.35. The van der Waals surface area contributed by atoms with Crippen LogP contribution in [0.1, 0.15) is 66.2 Å². The molecular weight excluding hydrogens is 220 g/mol. The zero-order valence-corrected chi connectivity index (χ0v) is 12.8. The lowest BCUT2D eigenvalue weighted by Gasteiger charge is -2.32. The third-order valence-corrected chi connectivity index (χ3v) is 5.19. The number of rotatable bonds is 3. The van der Waals surface area contributed by atoms with E-state index in [1.165, 1.54) is 51.6 Å². The summed E-state index contributed by atoms with van der Waals surface area (Å²) < 4.78 is 0. The molecule has 0 aromatic carbocycles. The zero-order valence-electron chi connectivity index (χ0n) is 12.8. The van der Waals surface area contributed by atoms with Crippen LogP contribution in [-0.4, -0.2) is 36.1 Å². The van der Waals surface area contributed by atoms with Crippen LogP contribution in [-0.2, 0) is 0 Å². The van der Waals surface area contributed by atoms with Crippen molar-refractivity contribution in [1.29, 1.82) is 0 Å². The largest absolute Gasteiger partial charge is 0.311 e. The molecule has 2 unspecified atom stereocenters. The predicted molar refractivity (Wildman–Crippen MR) is 78.9 cm³/mol. The predicted octanol–water partition coefficient (Wildman–Crippen LogP) is 3.42. The Labute approximate surface area is 114 Å². The number of hydrogen-bond donors (Lipinski definition) is 1. The fraction of sp³-hybridized carbons (Fsp3) is 1.00. The van der Waals surface area contributed by atoms with E-state index in [0.29, 0.717) is 11.5 Å². The van der Waals surface area contributed by atoms with Crippen molar-refractivity contribution in [2.45, 2.75) is 84.3 Å². The number of hydrogen-bond acceptors (Lipinski definition) is 2. The molecule has 0 aromatic heterocycles. The van der Waals surface area contributed by atoms with Crippen LogP contribution < -0.4 is 5.32 Å². The van der Waals surface area contributed by atoms with Gasteiger partial charge in [-0.2, -0.15) is 0 Å². The standard InChI is InChI=1S/C16H32N2/c1-13(2)18-11-6-7-14(9-12-18)17-15-8-5-10-16(15,3)4/h13-15,17H,5-12H2,1-4H3. The van der Waals surface area contributed by atoms with Crippen LogP contribution >= 0.6 is 0 Å². The minimum Gasteiger partial charge on any atom is -0.311 e. The van der Waals surface area contributed by atoms with Crippen molar-refractivity contribution < 1.29 is 0 Å². The average molecular weight is 252 g/mol. The lowest BCUT2D eigenvalue weighted by molar-refractivity contribution is 0.222.